The zero-order valence-corrected chi connectivity index (χ0v) is 20.6. The summed E-state index contributed by atoms with van der Waals surface area (Å²) in [5.74, 6) is -3.41. The predicted molar refractivity (Wildman–Crippen MR) is 136 cm³/mol. The van der Waals surface area contributed by atoms with E-state index in [4.69, 9.17) is 4.74 Å². The van der Waals surface area contributed by atoms with Gasteiger partial charge in [-0.2, -0.15) is 5.10 Å². The van der Waals surface area contributed by atoms with E-state index >= 15 is 0 Å². The molecule has 39 heavy (non-hydrogen) atoms. The summed E-state index contributed by atoms with van der Waals surface area (Å²) >= 11 is 0. The number of carboxylic acid groups (broad SMARTS) is 1. The first-order valence-electron chi connectivity index (χ1n) is 11.9. The summed E-state index contributed by atoms with van der Waals surface area (Å²) in [5.41, 5.74) is 1.90. The zero-order chi connectivity index (χ0) is 27.7. The van der Waals surface area contributed by atoms with Gasteiger partial charge in [-0.05, 0) is 48.0 Å². The van der Waals surface area contributed by atoms with Gasteiger partial charge < -0.3 is 20.1 Å². The summed E-state index contributed by atoms with van der Waals surface area (Å²) in [7, 11) is 1.69. The number of ether oxygens (including phenoxy) is 1. The molecule has 0 unspecified atom stereocenters. The standard InChI is InChI=1S/C28H22F2N4O5/c1-33-26-19-7-2-3-8-23(19)39-15-20(26)25(32-33)27(36)34(13-16-5-4-6-18(29)11-16)14-24(35)31-22-12-17(28(37)38)9-10-21(22)30/h2-12H,13-15H2,1H3,(H,31,35)(H,37,38). The maximum atomic E-state index is 14.3. The van der Waals surface area contributed by atoms with Gasteiger partial charge in [0.15, 0.2) is 5.69 Å². The van der Waals surface area contributed by atoms with Crippen LogP contribution in [0.3, 0.4) is 0 Å². The van der Waals surface area contributed by atoms with Crippen LogP contribution in [-0.2, 0) is 25.0 Å². The minimum absolute atomic E-state index is 0.0604. The van der Waals surface area contributed by atoms with Crippen LogP contribution >= 0.6 is 0 Å². The number of para-hydroxylation sites is 1. The highest BCUT2D eigenvalue weighted by Crippen LogP contribution is 2.38. The number of hydrogen-bond acceptors (Lipinski definition) is 5. The van der Waals surface area contributed by atoms with E-state index in [9.17, 15) is 28.3 Å². The molecule has 1 aliphatic rings. The number of carboxylic acids is 1. The Labute approximate surface area is 221 Å². The number of anilines is 1. The molecule has 198 valence electrons. The maximum absolute atomic E-state index is 14.3. The van der Waals surface area contributed by atoms with E-state index in [0.29, 0.717) is 22.6 Å². The second-order valence-electron chi connectivity index (χ2n) is 8.92. The van der Waals surface area contributed by atoms with Crippen LogP contribution < -0.4 is 10.1 Å². The van der Waals surface area contributed by atoms with Gasteiger partial charge >= 0.3 is 5.97 Å². The molecule has 0 aliphatic carbocycles. The topological polar surface area (TPSA) is 114 Å². The molecule has 11 heteroatoms. The highest BCUT2D eigenvalue weighted by Gasteiger charge is 2.31. The monoisotopic (exact) mass is 532 g/mol. The number of carbonyl (C=O) groups excluding carboxylic acids is 2. The van der Waals surface area contributed by atoms with E-state index in [0.717, 1.165) is 28.7 Å². The first-order valence-corrected chi connectivity index (χ1v) is 11.9. The van der Waals surface area contributed by atoms with Gasteiger partial charge in [-0.3, -0.25) is 14.3 Å². The fourth-order valence-electron chi connectivity index (χ4n) is 4.47. The molecule has 2 heterocycles. The Hall–Kier alpha value is -5.06. The van der Waals surface area contributed by atoms with E-state index in [-0.39, 0.29) is 30.1 Å². The van der Waals surface area contributed by atoms with Gasteiger partial charge in [0, 0.05) is 24.7 Å². The summed E-state index contributed by atoms with van der Waals surface area (Å²) in [6.07, 6.45) is 0. The third-order valence-corrected chi connectivity index (χ3v) is 6.23. The fraction of sp³-hybridized carbons (Fsp3) is 0.143. The Morgan fingerprint density at radius 1 is 1.08 bits per heavy atom. The van der Waals surface area contributed by atoms with Gasteiger partial charge in [0.05, 0.1) is 16.9 Å². The minimum Gasteiger partial charge on any atom is -0.488 e. The van der Waals surface area contributed by atoms with Gasteiger partial charge in [0.2, 0.25) is 5.91 Å². The lowest BCUT2D eigenvalue weighted by atomic mass is 10.0. The molecule has 0 radical (unpaired) electrons. The lowest BCUT2D eigenvalue weighted by Gasteiger charge is -2.23. The van der Waals surface area contributed by atoms with Crippen molar-refractivity contribution in [2.75, 3.05) is 11.9 Å². The minimum atomic E-state index is -1.29. The number of rotatable bonds is 7. The van der Waals surface area contributed by atoms with Crippen molar-refractivity contribution in [3.8, 4) is 17.0 Å². The molecule has 0 saturated heterocycles. The van der Waals surface area contributed by atoms with Crippen molar-refractivity contribution in [2.24, 2.45) is 7.05 Å². The molecule has 2 amide bonds. The number of aryl methyl sites for hydroxylation is 1. The second kappa shape index (κ2) is 10.4. The summed E-state index contributed by atoms with van der Waals surface area (Å²) in [4.78, 5) is 39.2. The van der Waals surface area contributed by atoms with E-state index in [1.807, 2.05) is 24.3 Å². The van der Waals surface area contributed by atoms with Crippen LogP contribution in [0.1, 0.15) is 32.0 Å². The van der Waals surface area contributed by atoms with Crippen LogP contribution in [0, 0.1) is 11.6 Å². The van der Waals surface area contributed by atoms with E-state index < -0.39 is 36.0 Å². The van der Waals surface area contributed by atoms with Crippen molar-refractivity contribution < 1.29 is 33.0 Å². The molecular weight excluding hydrogens is 510 g/mol. The Morgan fingerprint density at radius 2 is 1.87 bits per heavy atom. The van der Waals surface area contributed by atoms with Gasteiger partial charge in [-0.25, -0.2) is 13.6 Å². The van der Waals surface area contributed by atoms with Gasteiger partial charge in [0.25, 0.3) is 5.91 Å². The summed E-state index contributed by atoms with van der Waals surface area (Å²) in [6.45, 7) is -0.617. The number of benzene rings is 3. The van der Waals surface area contributed by atoms with Crippen LogP contribution in [-0.4, -0.2) is 44.1 Å². The Bertz CT molecular complexity index is 1620. The summed E-state index contributed by atoms with van der Waals surface area (Å²) in [6, 6.07) is 15.9. The van der Waals surface area contributed by atoms with Crippen LogP contribution in [0.4, 0.5) is 14.5 Å². The first-order chi connectivity index (χ1) is 18.7. The second-order valence-corrected chi connectivity index (χ2v) is 8.92. The SMILES string of the molecule is Cn1nc(C(=O)N(CC(=O)Nc2cc(C(=O)O)ccc2F)Cc2cccc(F)c2)c2c1-c1ccccc1OC2. The van der Waals surface area contributed by atoms with Gasteiger partial charge in [-0.15, -0.1) is 0 Å². The van der Waals surface area contributed by atoms with Crippen molar-refractivity contribution >= 4 is 23.5 Å². The number of halogens is 2. The highest BCUT2D eigenvalue weighted by molar-refractivity contribution is 6.01. The number of aromatic carboxylic acids is 1. The number of fused-ring (bicyclic) bond motifs is 3. The van der Waals surface area contributed by atoms with Crippen LogP contribution in [0.25, 0.3) is 11.3 Å². The van der Waals surface area contributed by atoms with Gasteiger partial charge in [0.1, 0.15) is 30.5 Å². The molecule has 0 spiro atoms. The summed E-state index contributed by atoms with van der Waals surface area (Å²) < 4.78 is 35.6. The summed E-state index contributed by atoms with van der Waals surface area (Å²) in [5, 5.41) is 15.9. The first kappa shape index (κ1) is 25.6. The predicted octanol–water partition coefficient (Wildman–Crippen LogP) is 4.24. The third kappa shape index (κ3) is 5.19. The average Bonchev–Trinajstić information content (AvgIpc) is 3.25. The lowest BCUT2D eigenvalue weighted by molar-refractivity contribution is -0.117. The number of nitrogens with one attached hydrogen (secondary N) is 1. The molecule has 0 saturated carbocycles. The van der Waals surface area contributed by atoms with Crippen molar-refractivity contribution in [2.45, 2.75) is 13.2 Å². The van der Waals surface area contributed by atoms with Crippen molar-refractivity contribution in [1.82, 2.24) is 14.7 Å². The van der Waals surface area contributed by atoms with Crippen LogP contribution in [0.2, 0.25) is 0 Å². The molecule has 4 aromatic rings. The largest absolute Gasteiger partial charge is 0.488 e. The number of hydrogen-bond donors (Lipinski definition) is 2. The molecule has 0 atom stereocenters. The van der Waals surface area contributed by atoms with Crippen molar-refractivity contribution in [3.63, 3.8) is 0 Å². The number of amides is 2. The lowest BCUT2D eigenvalue weighted by Crippen LogP contribution is -2.38. The van der Waals surface area contributed by atoms with E-state index in [1.165, 1.54) is 18.2 Å². The molecule has 3 aromatic carbocycles. The maximum Gasteiger partial charge on any atom is 0.335 e. The van der Waals surface area contributed by atoms with Crippen molar-refractivity contribution in [3.05, 3.63) is 101 Å². The third-order valence-electron chi connectivity index (χ3n) is 6.23. The molecule has 9 nitrogen and oxygen atoms in total. The van der Waals surface area contributed by atoms with Gasteiger partial charge in [-0.1, -0.05) is 24.3 Å². The normalized spacial score (nSPS) is 11.7. The Balaban J connectivity index is 1.47. The van der Waals surface area contributed by atoms with E-state index in [1.54, 1.807) is 17.8 Å². The zero-order valence-electron chi connectivity index (χ0n) is 20.6. The van der Waals surface area contributed by atoms with Crippen LogP contribution in [0.15, 0.2) is 66.7 Å². The molecule has 0 bridgehead atoms. The smallest absolute Gasteiger partial charge is 0.335 e. The molecule has 2 N–H and O–H groups in total. The molecule has 1 aromatic heterocycles. The highest BCUT2D eigenvalue weighted by atomic mass is 19.1. The Morgan fingerprint density at radius 3 is 2.64 bits per heavy atom. The van der Waals surface area contributed by atoms with Crippen LogP contribution in [0.5, 0.6) is 5.75 Å². The number of aromatic nitrogens is 2. The molecule has 0 fully saturated rings. The number of carbonyl (C=O) groups is 3. The quantitative estimate of drug-likeness (QED) is 0.368. The Kier molecular flexibility index (Phi) is 6.80. The number of nitrogens with zero attached hydrogens (tertiary/aromatic N) is 3. The molecule has 1 aliphatic heterocycles. The van der Waals surface area contributed by atoms with E-state index in [2.05, 4.69) is 10.4 Å². The fourth-order valence-corrected chi connectivity index (χ4v) is 4.47. The van der Waals surface area contributed by atoms with Crippen molar-refractivity contribution in [1.29, 1.82) is 0 Å². The average molecular weight is 533 g/mol. The molecule has 5 rings (SSSR count). The molecular formula is C28H22F2N4O5.